The number of carbonyl (C=O) groups excluding carboxylic acids is 1. The minimum atomic E-state index is -0.467. The number of nitrogens with one attached hydrogen (secondary N) is 1. The van der Waals surface area contributed by atoms with E-state index >= 15 is 0 Å². The molecule has 0 saturated carbocycles. The van der Waals surface area contributed by atoms with Gasteiger partial charge in [0.1, 0.15) is 11.6 Å². The Labute approximate surface area is 144 Å². The van der Waals surface area contributed by atoms with Crippen molar-refractivity contribution in [1.29, 1.82) is 0 Å². The number of ether oxygens (including phenoxy) is 1. The van der Waals surface area contributed by atoms with Gasteiger partial charge in [-0.15, -0.1) is 0 Å². The fourth-order valence-electron chi connectivity index (χ4n) is 2.05. The second-order valence-electron chi connectivity index (χ2n) is 4.55. The van der Waals surface area contributed by atoms with Crippen molar-refractivity contribution in [2.75, 3.05) is 12.4 Å². The lowest BCUT2D eigenvalue weighted by molar-refractivity contribution is 0.102. The van der Waals surface area contributed by atoms with Gasteiger partial charge in [0.15, 0.2) is 5.13 Å². The van der Waals surface area contributed by atoms with E-state index in [1.807, 2.05) is 0 Å². The molecule has 0 spiro atoms. The zero-order valence-electron chi connectivity index (χ0n) is 11.7. The van der Waals surface area contributed by atoms with Crippen LogP contribution in [-0.2, 0) is 0 Å². The largest absolute Gasteiger partial charge is 0.494 e. The molecule has 0 fully saturated rings. The van der Waals surface area contributed by atoms with Crippen molar-refractivity contribution >= 4 is 55.8 Å². The molecule has 1 N–H and O–H groups in total. The summed E-state index contributed by atoms with van der Waals surface area (Å²) in [5, 5.41) is 3.53. The average Bonchev–Trinajstić information content (AvgIpc) is 2.87. The van der Waals surface area contributed by atoms with Crippen LogP contribution in [0, 0.1) is 5.82 Å². The first-order valence-electron chi connectivity index (χ1n) is 6.38. The summed E-state index contributed by atoms with van der Waals surface area (Å²) in [6, 6.07) is 7.16. The van der Waals surface area contributed by atoms with Gasteiger partial charge in [-0.3, -0.25) is 10.1 Å². The molecule has 8 heteroatoms. The average molecular weight is 371 g/mol. The zero-order valence-corrected chi connectivity index (χ0v) is 14.0. The minimum Gasteiger partial charge on any atom is -0.494 e. The van der Waals surface area contributed by atoms with Crippen LogP contribution >= 0.6 is 34.5 Å². The van der Waals surface area contributed by atoms with E-state index in [1.165, 1.54) is 42.7 Å². The Hall–Kier alpha value is -1.89. The maximum atomic E-state index is 13.2. The standard InChI is InChI=1S/C15H9Cl2FN2O2S/c1-22-13-9(4-7(16)5-10(13)17)14(21)20-15-19-11-3-2-8(18)6-12(11)23-15/h2-6H,1H3,(H,19,20,21). The number of hydrogen-bond donors (Lipinski definition) is 1. The molecule has 0 bridgehead atoms. The number of anilines is 1. The zero-order chi connectivity index (χ0) is 16.6. The maximum absolute atomic E-state index is 13.2. The number of thiazole rings is 1. The van der Waals surface area contributed by atoms with Gasteiger partial charge in [-0.25, -0.2) is 9.37 Å². The van der Waals surface area contributed by atoms with Crippen LogP contribution < -0.4 is 10.1 Å². The van der Waals surface area contributed by atoms with E-state index in [-0.39, 0.29) is 22.2 Å². The Balaban J connectivity index is 1.94. The van der Waals surface area contributed by atoms with E-state index in [9.17, 15) is 9.18 Å². The molecule has 0 saturated heterocycles. The van der Waals surface area contributed by atoms with E-state index in [0.717, 1.165) is 0 Å². The molecule has 0 atom stereocenters. The number of carbonyl (C=O) groups is 1. The topological polar surface area (TPSA) is 51.2 Å². The lowest BCUT2D eigenvalue weighted by Gasteiger charge is -2.10. The van der Waals surface area contributed by atoms with Crippen molar-refractivity contribution in [2.24, 2.45) is 0 Å². The molecule has 2 aromatic carbocycles. The highest BCUT2D eigenvalue weighted by Gasteiger charge is 2.18. The second-order valence-corrected chi connectivity index (χ2v) is 6.43. The molecule has 1 amide bonds. The van der Waals surface area contributed by atoms with Crippen LogP contribution in [0.1, 0.15) is 10.4 Å². The van der Waals surface area contributed by atoms with Gasteiger partial charge in [-0.05, 0) is 30.3 Å². The summed E-state index contributed by atoms with van der Waals surface area (Å²) >= 11 is 13.1. The molecular formula is C15H9Cl2FN2O2S. The summed E-state index contributed by atoms with van der Waals surface area (Å²) in [4.78, 5) is 16.7. The molecule has 118 valence electrons. The monoisotopic (exact) mass is 370 g/mol. The maximum Gasteiger partial charge on any atom is 0.261 e. The molecule has 0 aliphatic heterocycles. The third-order valence-electron chi connectivity index (χ3n) is 3.03. The van der Waals surface area contributed by atoms with Gasteiger partial charge in [0.05, 0.1) is 27.9 Å². The predicted octanol–water partition coefficient (Wildman–Crippen LogP) is 5.00. The number of amides is 1. The van der Waals surface area contributed by atoms with Gasteiger partial charge in [-0.2, -0.15) is 0 Å². The number of methoxy groups -OCH3 is 1. The van der Waals surface area contributed by atoms with Crippen LogP contribution in [0.4, 0.5) is 9.52 Å². The smallest absolute Gasteiger partial charge is 0.261 e. The Kier molecular flexibility index (Phi) is 4.39. The van der Waals surface area contributed by atoms with Crippen LogP contribution in [-0.4, -0.2) is 18.0 Å². The van der Waals surface area contributed by atoms with Gasteiger partial charge in [0.2, 0.25) is 0 Å². The number of aromatic nitrogens is 1. The molecule has 1 aromatic heterocycles. The van der Waals surface area contributed by atoms with Gasteiger partial charge in [0, 0.05) is 5.02 Å². The highest BCUT2D eigenvalue weighted by molar-refractivity contribution is 7.22. The summed E-state index contributed by atoms with van der Waals surface area (Å²) in [6.45, 7) is 0. The Bertz CT molecular complexity index is 914. The Morgan fingerprint density at radius 2 is 2.09 bits per heavy atom. The quantitative estimate of drug-likeness (QED) is 0.705. The predicted molar refractivity (Wildman–Crippen MR) is 90.5 cm³/mol. The van der Waals surface area contributed by atoms with Crippen LogP contribution in [0.5, 0.6) is 5.75 Å². The van der Waals surface area contributed by atoms with Gasteiger partial charge in [0.25, 0.3) is 5.91 Å². The molecule has 23 heavy (non-hydrogen) atoms. The van der Waals surface area contributed by atoms with Crippen molar-refractivity contribution in [3.63, 3.8) is 0 Å². The molecule has 0 aliphatic carbocycles. The van der Waals surface area contributed by atoms with Crippen LogP contribution in [0.3, 0.4) is 0 Å². The first-order chi connectivity index (χ1) is 11.0. The normalized spacial score (nSPS) is 10.8. The summed E-state index contributed by atoms with van der Waals surface area (Å²) in [5.74, 6) is -0.603. The van der Waals surface area contributed by atoms with Crippen LogP contribution in [0.25, 0.3) is 10.2 Å². The first kappa shape index (κ1) is 16.0. The third kappa shape index (κ3) is 3.24. The number of nitrogens with zero attached hydrogens (tertiary/aromatic N) is 1. The van der Waals surface area contributed by atoms with E-state index < -0.39 is 5.91 Å². The van der Waals surface area contributed by atoms with Crippen molar-refractivity contribution in [1.82, 2.24) is 4.98 Å². The number of fused-ring (bicyclic) bond motifs is 1. The van der Waals surface area contributed by atoms with Crippen molar-refractivity contribution in [3.05, 3.63) is 51.8 Å². The molecule has 1 heterocycles. The number of benzene rings is 2. The SMILES string of the molecule is COc1c(Cl)cc(Cl)cc1C(=O)Nc1nc2ccc(F)cc2s1. The van der Waals surface area contributed by atoms with E-state index in [1.54, 1.807) is 6.07 Å². The van der Waals surface area contributed by atoms with Gasteiger partial charge >= 0.3 is 0 Å². The highest BCUT2D eigenvalue weighted by Crippen LogP contribution is 2.33. The summed E-state index contributed by atoms with van der Waals surface area (Å²) in [5.41, 5.74) is 0.790. The van der Waals surface area contributed by atoms with Crippen LogP contribution in [0.15, 0.2) is 30.3 Å². The fraction of sp³-hybridized carbons (Fsp3) is 0.0667. The molecule has 0 unspecified atom stereocenters. The second kappa shape index (κ2) is 6.31. The lowest BCUT2D eigenvalue weighted by atomic mass is 10.2. The van der Waals surface area contributed by atoms with Crippen molar-refractivity contribution in [3.8, 4) is 5.75 Å². The fourth-order valence-corrected chi connectivity index (χ4v) is 3.51. The molecule has 4 nitrogen and oxygen atoms in total. The summed E-state index contributed by atoms with van der Waals surface area (Å²) < 4.78 is 19.0. The first-order valence-corrected chi connectivity index (χ1v) is 7.95. The lowest BCUT2D eigenvalue weighted by Crippen LogP contribution is -2.13. The van der Waals surface area contributed by atoms with Crippen molar-refractivity contribution in [2.45, 2.75) is 0 Å². The number of halogens is 3. The highest BCUT2D eigenvalue weighted by atomic mass is 35.5. The van der Waals surface area contributed by atoms with Crippen LogP contribution in [0.2, 0.25) is 10.0 Å². The molecule has 0 aliphatic rings. The van der Waals surface area contributed by atoms with Crippen molar-refractivity contribution < 1.29 is 13.9 Å². The summed E-state index contributed by atoms with van der Waals surface area (Å²) in [6.07, 6.45) is 0. The molecule has 3 aromatic rings. The molecular weight excluding hydrogens is 362 g/mol. The Morgan fingerprint density at radius 1 is 1.30 bits per heavy atom. The molecule has 0 radical (unpaired) electrons. The minimum absolute atomic E-state index is 0.190. The van der Waals surface area contributed by atoms with Gasteiger partial charge in [-0.1, -0.05) is 34.5 Å². The Morgan fingerprint density at radius 3 is 2.83 bits per heavy atom. The van der Waals surface area contributed by atoms with E-state index in [0.29, 0.717) is 20.4 Å². The van der Waals surface area contributed by atoms with E-state index in [4.69, 9.17) is 27.9 Å². The number of hydrogen-bond acceptors (Lipinski definition) is 4. The number of rotatable bonds is 3. The van der Waals surface area contributed by atoms with E-state index in [2.05, 4.69) is 10.3 Å². The summed E-state index contributed by atoms with van der Waals surface area (Å²) in [7, 11) is 1.41. The van der Waals surface area contributed by atoms with Gasteiger partial charge < -0.3 is 4.74 Å². The third-order valence-corrected chi connectivity index (χ3v) is 4.46. The molecule has 3 rings (SSSR count).